The lowest BCUT2D eigenvalue weighted by atomic mass is 10.1. The molecule has 0 radical (unpaired) electrons. The van der Waals surface area contributed by atoms with E-state index in [0.717, 1.165) is 28.4 Å². The molecule has 9 heteroatoms. The fourth-order valence-corrected chi connectivity index (χ4v) is 4.62. The van der Waals surface area contributed by atoms with Gasteiger partial charge in [0, 0.05) is 30.2 Å². The van der Waals surface area contributed by atoms with Crippen molar-refractivity contribution in [3.05, 3.63) is 52.9 Å². The second-order valence-electron chi connectivity index (χ2n) is 8.14. The quantitative estimate of drug-likeness (QED) is 0.469. The van der Waals surface area contributed by atoms with Gasteiger partial charge in [0.1, 0.15) is 17.5 Å². The number of hydrogen-bond acceptors (Lipinski definition) is 7. The highest BCUT2D eigenvalue weighted by atomic mass is 32.1. The van der Waals surface area contributed by atoms with Crippen molar-refractivity contribution in [3.63, 3.8) is 0 Å². The third-order valence-electron chi connectivity index (χ3n) is 5.67. The minimum atomic E-state index is -0.762. The predicted molar refractivity (Wildman–Crippen MR) is 136 cm³/mol. The van der Waals surface area contributed by atoms with Gasteiger partial charge in [-0.15, -0.1) is 11.3 Å². The number of carbonyl (C=O) groups is 2. The molecule has 2 aromatic carbocycles. The fraction of sp³-hybridized carbons (Fsp3) is 0.346. The first-order valence-electron chi connectivity index (χ1n) is 11.5. The summed E-state index contributed by atoms with van der Waals surface area (Å²) in [5, 5.41) is 5.84. The Morgan fingerprint density at radius 1 is 1.26 bits per heavy atom. The summed E-state index contributed by atoms with van der Waals surface area (Å²) in [6, 6.07) is 12.0. The normalized spacial score (nSPS) is 15.8. The van der Waals surface area contributed by atoms with Crippen molar-refractivity contribution < 1.29 is 23.8 Å². The van der Waals surface area contributed by atoms with Crippen LogP contribution in [0.5, 0.6) is 11.5 Å². The Kier molecular flexibility index (Phi) is 7.67. The molecule has 0 fully saturated rings. The number of thiazole rings is 1. The number of anilines is 2. The first-order chi connectivity index (χ1) is 16.9. The molecule has 1 aromatic heterocycles. The summed E-state index contributed by atoms with van der Waals surface area (Å²) in [4.78, 5) is 32.5. The minimum Gasteiger partial charge on any atom is -0.494 e. The lowest BCUT2D eigenvalue weighted by Gasteiger charge is -2.36. The summed E-state index contributed by atoms with van der Waals surface area (Å²) >= 11 is 1.56. The predicted octanol–water partition coefficient (Wildman–Crippen LogP) is 4.54. The van der Waals surface area contributed by atoms with Crippen molar-refractivity contribution in [3.8, 4) is 22.8 Å². The number of nitrogens with one attached hydrogen (secondary N) is 1. The van der Waals surface area contributed by atoms with Crippen molar-refractivity contribution in [1.82, 2.24) is 4.98 Å². The van der Waals surface area contributed by atoms with E-state index in [1.807, 2.05) is 30.5 Å². The average Bonchev–Trinajstić information content (AvgIpc) is 3.33. The Hall–Kier alpha value is -3.43. The Labute approximate surface area is 208 Å². The second kappa shape index (κ2) is 10.9. The lowest BCUT2D eigenvalue weighted by molar-refractivity contribution is -0.128. The van der Waals surface area contributed by atoms with E-state index >= 15 is 0 Å². The molecular formula is C26H29N3O5S. The number of fused-ring (bicyclic) bond motifs is 1. The number of carbonyl (C=O) groups excluding carboxylic acids is 2. The van der Waals surface area contributed by atoms with Gasteiger partial charge in [0.2, 0.25) is 5.91 Å². The molecule has 184 valence electrons. The van der Waals surface area contributed by atoms with Crippen molar-refractivity contribution in [2.75, 3.05) is 30.5 Å². The number of aromatic nitrogens is 1. The van der Waals surface area contributed by atoms with Gasteiger partial charge in [-0.3, -0.25) is 14.5 Å². The number of benzene rings is 2. The molecule has 8 nitrogen and oxygen atoms in total. The van der Waals surface area contributed by atoms with E-state index in [1.165, 1.54) is 4.90 Å². The number of rotatable bonds is 9. The van der Waals surface area contributed by atoms with Gasteiger partial charge in [-0.1, -0.05) is 0 Å². The molecule has 0 spiro atoms. The standard InChI is InChI=1S/C26H29N3O5S/c1-5-33-20-9-7-19(8-10-20)27-25(30)16(2)29-22-14-18(6-11-23(22)34-17(3)26(29)31)21-15-35-24(28-21)12-13-32-4/h6-11,14-17H,5,12-13H2,1-4H3,(H,27,30). The molecule has 0 bridgehead atoms. The van der Waals surface area contributed by atoms with Crippen LogP contribution < -0.4 is 19.7 Å². The van der Waals surface area contributed by atoms with E-state index in [2.05, 4.69) is 10.3 Å². The summed E-state index contributed by atoms with van der Waals surface area (Å²) in [6.07, 6.45) is 0.0362. The van der Waals surface area contributed by atoms with Gasteiger partial charge in [-0.25, -0.2) is 4.98 Å². The van der Waals surface area contributed by atoms with Gasteiger partial charge in [-0.2, -0.15) is 0 Å². The third kappa shape index (κ3) is 5.47. The first-order valence-corrected chi connectivity index (χ1v) is 12.4. The largest absolute Gasteiger partial charge is 0.494 e. The van der Waals surface area contributed by atoms with Gasteiger partial charge in [-0.05, 0) is 63.2 Å². The Morgan fingerprint density at radius 3 is 2.74 bits per heavy atom. The zero-order valence-electron chi connectivity index (χ0n) is 20.2. The van der Waals surface area contributed by atoms with Crippen LogP contribution in [0.25, 0.3) is 11.3 Å². The van der Waals surface area contributed by atoms with Gasteiger partial charge < -0.3 is 19.5 Å². The number of hydrogen-bond donors (Lipinski definition) is 1. The monoisotopic (exact) mass is 495 g/mol. The molecule has 2 amide bonds. The highest BCUT2D eigenvalue weighted by Crippen LogP contribution is 2.39. The Bertz CT molecular complexity index is 1190. The molecule has 2 unspecified atom stereocenters. The van der Waals surface area contributed by atoms with Gasteiger partial charge >= 0.3 is 0 Å². The van der Waals surface area contributed by atoms with E-state index in [1.54, 1.807) is 56.6 Å². The van der Waals surface area contributed by atoms with E-state index in [9.17, 15) is 9.59 Å². The Morgan fingerprint density at radius 2 is 2.03 bits per heavy atom. The van der Waals surface area contributed by atoms with E-state index < -0.39 is 12.1 Å². The SMILES string of the molecule is CCOc1ccc(NC(=O)C(C)N2C(=O)C(C)Oc3ccc(-c4csc(CCOC)n4)cc32)cc1. The molecule has 0 saturated carbocycles. The summed E-state index contributed by atoms with van der Waals surface area (Å²) in [6.45, 7) is 6.48. The van der Waals surface area contributed by atoms with E-state index in [0.29, 0.717) is 30.3 Å². The smallest absolute Gasteiger partial charge is 0.268 e. The second-order valence-corrected chi connectivity index (χ2v) is 9.09. The van der Waals surface area contributed by atoms with Gasteiger partial charge in [0.15, 0.2) is 6.10 Å². The van der Waals surface area contributed by atoms with Crippen molar-refractivity contribution in [1.29, 1.82) is 0 Å². The summed E-state index contributed by atoms with van der Waals surface area (Å²) < 4.78 is 16.4. The topological polar surface area (TPSA) is 90.0 Å². The third-order valence-corrected chi connectivity index (χ3v) is 6.58. The van der Waals surface area contributed by atoms with Gasteiger partial charge in [0.05, 0.1) is 29.6 Å². The number of ether oxygens (including phenoxy) is 3. The van der Waals surface area contributed by atoms with Gasteiger partial charge in [0.25, 0.3) is 5.91 Å². The molecular weight excluding hydrogens is 466 g/mol. The number of methoxy groups -OCH3 is 1. The molecule has 2 heterocycles. The minimum absolute atomic E-state index is 0.275. The molecule has 3 aromatic rings. The van der Waals surface area contributed by atoms with Crippen LogP contribution in [0.15, 0.2) is 47.8 Å². The molecule has 1 aliphatic rings. The average molecular weight is 496 g/mol. The van der Waals surface area contributed by atoms with Crippen LogP contribution in [0.3, 0.4) is 0 Å². The van der Waals surface area contributed by atoms with Crippen molar-refractivity contribution >= 4 is 34.5 Å². The van der Waals surface area contributed by atoms with E-state index in [4.69, 9.17) is 14.2 Å². The molecule has 4 rings (SSSR count). The van der Waals surface area contributed by atoms with Crippen LogP contribution in [0, 0.1) is 0 Å². The van der Waals surface area contributed by atoms with Crippen LogP contribution in [0.1, 0.15) is 25.8 Å². The van der Waals surface area contributed by atoms with E-state index in [-0.39, 0.29) is 11.8 Å². The maximum Gasteiger partial charge on any atom is 0.268 e. The molecule has 0 saturated heterocycles. The Balaban J connectivity index is 1.58. The van der Waals surface area contributed by atoms with Crippen molar-refractivity contribution in [2.24, 2.45) is 0 Å². The van der Waals surface area contributed by atoms with Crippen LogP contribution in [-0.4, -0.2) is 49.3 Å². The van der Waals surface area contributed by atoms with Crippen LogP contribution in [0.4, 0.5) is 11.4 Å². The highest BCUT2D eigenvalue weighted by molar-refractivity contribution is 7.09. The zero-order chi connectivity index (χ0) is 24.9. The van der Waals surface area contributed by atoms with Crippen LogP contribution >= 0.6 is 11.3 Å². The first kappa shape index (κ1) is 24.7. The number of amides is 2. The molecule has 35 heavy (non-hydrogen) atoms. The lowest BCUT2D eigenvalue weighted by Crippen LogP contribution is -2.52. The van der Waals surface area contributed by atoms with Crippen LogP contribution in [0.2, 0.25) is 0 Å². The number of nitrogens with zero attached hydrogens (tertiary/aromatic N) is 2. The fourth-order valence-electron chi connectivity index (χ4n) is 3.83. The molecule has 1 N–H and O–H groups in total. The maximum absolute atomic E-state index is 13.2. The molecule has 1 aliphatic heterocycles. The summed E-state index contributed by atoms with van der Waals surface area (Å²) in [5.41, 5.74) is 2.82. The summed E-state index contributed by atoms with van der Waals surface area (Å²) in [5.74, 6) is 0.701. The van der Waals surface area contributed by atoms with Crippen LogP contribution in [-0.2, 0) is 20.7 Å². The maximum atomic E-state index is 13.2. The highest BCUT2D eigenvalue weighted by Gasteiger charge is 2.37. The summed E-state index contributed by atoms with van der Waals surface area (Å²) in [7, 11) is 1.66. The molecule has 2 atom stereocenters. The molecule has 0 aliphatic carbocycles. The van der Waals surface area contributed by atoms with Crippen molar-refractivity contribution in [2.45, 2.75) is 39.3 Å². The zero-order valence-corrected chi connectivity index (χ0v) is 21.1.